The van der Waals surface area contributed by atoms with E-state index in [2.05, 4.69) is 39.0 Å². The van der Waals surface area contributed by atoms with Crippen LogP contribution in [0.15, 0.2) is 40.8 Å². The summed E-state index contributed by atoms with van der Waals surface area (Å²) in [6, 6.07) is 12.5. The van der Waals surface area contributed by atoms with Gasteiger partial charge in [0.1, 0.15) is 11.5 Å². The normalized spacial score (nSPS) is 18.9. The first-order valence-electron chi connectivity index (χ1n) is 7.39. The standard InChI is InChI=1S/C18H22O2/c1-18(2,3)20-16-11-7-10-15-14(16)12-17(19-15)13-8-5-4-6-9-13/h4-6,8-9,12,16H,7,10-11H2,1-3H3. The van der Waals surface area contributed by atoms with Crippen LogP contribution < -0.4 is 0 Å². The summed E-state index contributed by atoms with van der Waals surface area (Å²) in [5, 5.41) is 0. The molecule has 0 fully saturated rings. The summed E-state index contributed by atoms with van der Waals surface area (Å²) in [6.07, 6.45) is 3.40. The molecule has 1 heterocycles. The molecule has 20 heavy (non-hydrogen) atoms. The SMILES string of the molecule is CC(C)(C)OC1CCCc2oc(-c3ccccc3)cc21. The van der Waals surface area contributed by atoms with Crippen LogP contribution in [-0.2, 0) is 11.2 Å². The number of benzene rings is 1. The molecule has 2 heteroatoms. The highest BCUT2D eigenvalue weighted by molar-refractivity contribution is 5.59. The number of ether oxygens (including phenoxy) is 1. The van der Waals surface area contributed by atoms with Gasteiger partial charge in [-0.05, 0) is 39.7 Å². The summed E-state index contributed by atoms with van der Waals surface area (Å²) in [5.41, 5.74) is 2.25. The molecular weight excluding hydrogens is 248 g/mol. The minimum Gasteiger partial charge on any atom is -0.461 e. The second kappa shape index (κ2) is 5.10. The van der Waals surface area contributed by atoms with Crippen molar-refractivity contribution in [3.8, 4) is 11.3 Å². The molecule has 1 aromatic carbocycles. The minimum absolute atomic E-state index is 0.122. The third-order valence-electron chi connectivity index (χ3n) is 3.61. The van der Waals surface area contributed by atoms with Crippen molar-refractivity contribution in [2.24, 2.45) is 0 Å². The lowest BCUT2D eigenvalue weighted by molar-refractivity contribution is -0.0690. The molecule has 3 rings (SSSR count). The second-order valence-electron chi connectivity index (χ2n) is 6.47. The first kappa shape index (κ1) is 13.4. The zero-order chi connectivity index (χ0) is 14.2. The summed E-state index contributed by atoms with van der Waals surface area (Å²) in [4.78, 5) is 0. The van der Waals surface area contributed by atoms with Gasteiger partial charge in [0.15, 0.2) is 0 Å². The van der Waals surface area contributed by atoms with Crippen LogP contribution in [-0.4, -0.2) is 5.60 Å². The Morgan fingerprint density at radius 1 is 1.15 bits per heavy atom. The van der Waals surface area contributed by atoms with E-state index in [-0.39, 0.29) is 11.7 Å². The van der Waals surface area contributed by atoms with Gasteiger partial charge in [-0.25, -0.2) is 0 Å². The third kappa shape index (κ3) is 2.80. The molecule has 0 spiro atoms. The number of fused-ring (bicyclic) bond motifs is 1. The van der Waals surface area contributed by atoms with Gasteiger partial charge in [-0.2, -0.15) is 0 Å². The van der Waals surface area contributed by atoms with Crippen molar-refractivity contribution in [3.63, 3.8) is 0 Å². The Labute approximate surface area is 120 Å². The fourth-order valence-corrected chi connectivity index (χ4v) is 2.81. The lowest BCUT2D eigenvalue weighted by Crippen LogP contribution is -2.24. The average molecular weight is 270 g/mol. The van der Waals surface area contributed by atoms with Crippen LogP contribution in [0.4, 0.5) is 0 Å². The smallest absolute Gasteiger partial charge is 0.134 e. The van der Waals surface area contributed by atoms with Crippen LogP contribution in [0.25, 0.3) is 11.3 Å². The van der Waals surface area contributed by atoms with Crippen molar-refractivity contribution >= 4 is 0 Å². The van der Waals surface area contributed by atoms with E-state index in [0.29, 0.717) is 0 Å². The molecule has 1 atom stereocenters. The summed E-state index contributed by atoms with van der Waals surface area (Å²) in [5.74, 6) is 2.06. The lowest BCUT2D eigenvalue weighted by atomic mass is 9.94. The Balaban J connectivity index is 1.93. The van der Waals surface area contributed by atoms with Crippen LogP contribution >= 0.6 is 0 Å². The monoisotopic (exact) mass is 270 g/mol. The van der Waals surface area contributed by atoms with Crippen LogP contribution in [0.1, 0.15) is 51.0 Å². The summed E-state index contributed by atoms with van der Waals surface area (Å²) in [6.45, 7) is 6.33. The molecular formula is C18H22O2. The Hall–Kier alpha value is -1.54. The van der Waals surface area contributed by atoms with Gasteiger partial charge in [-0.15, -0.1) is 0 Å². The number of furan rings is 1. The molecule has 2 nitrogen and oxygen atoms in total. The maximum Gasteiger partial charge on any atom is 0.134 e. The highest BCUT2D eigenvalue weighted by Crippen LogP contribution is 2.39. The van der Waals surface area contributed by atoms with E-state index in [0.717, 1.165) is 36.3 Å². The molecule has 106 valence electrons. The molecule has 0 bridgehead atoms. The van der Waals surface area contributed by atoms with Gasteiger partial charge in [0.25, 0.3) is 0 Å². The largest absolute Gasteiger partial charge is 0.461 e. The van der Waals surface area contributed by atoms with Crippen LogP contribution in [0.5, 0.6) is 0 Å². The third-order valence-corrected chi connectivity index (χ3v) is 3.61. The number of rotatable bonds is 2. The van der Waals surface area contributed by atoms with Gasteiger partial charge in [-0.1, -0.05) is 30.3 Å². The molecule has 0 saturated carbocycles. The van der Waals surface area contributed by atoms with Crippen molar-refractivity contribution in [2.75, 3.05) is 0 Å². The van der Waals surface area contributed by atoms with Crippen molar-refractivity contribution in [3.05, 3.63) is 47.7 Å². The summed E-state index contributed by atoms with van der Waals surface area (Å²) >= 11 is 0. The first-order chi connectivity index (χ1) is 9.53. The molecule has 0 aliphatic heterocycles. The van der Waals surface area contributed by atoms with Crippen molar-refractivity contribution in [1.29, 1.82) is 0 Å². The first-order valence-corrected chi connectivity index (χ1v) is 7.39. The molecule has 1 aliphatic carbocycles. The van der Waals surface area contributed by atoms with Gasteiger partial charge in [0.05, 0.1) is 11.7 Å². The summed E-state index contributed by atoms with van der Waals surface area (Å²) in [7, 11) is 0. The molecule has 0 amide bonds. The van der Waals surface area contributed by atoms with E-state index in [1.807, 2.05) is 18.2 Å². The van der Waals surface area contributed by atoms with Crippen molar-refractivity contribution in [1.82, 2.24) is 0 Å². The van der Waals surface area contributed by atoms with Crippen LogP contribution in [0.2, 0.25) is 0 Å². The van der Waals surface area contributed by atoms with Crippen molar-refractivity contribution in [2.45, 2.75) is 51.7 Å². The highest BCUT2D eigenvalue weighted by Gasteiger charge is 2.28. The number of hydrogen-bond donors (Lipinski definition) is 0. The topological polar surface area (TPSA) is 22.4 Å². The van der Waals surface area contributed by atoms with E-state index >= 15 is 0 Å². The van der Waals surface area contributed by atoms with Gasteiger partial charge < -0.3 is 9.15 Å². The zero-order valence-corrected chi connectivity index (χ0v) is 12.5. The average Bonchev–Trinajstić information content (AvgIpc) is 2.83. The Morgan fingerprint density at radius 2 is 1.90 bits per heavy atom. The van der Waals surface area contributed by atoms with Gasteiger partial charge in [-0.3, -0.25) is 0 Å². The quantitative estimate of drug-likeness (QED) is 0.754. The predicted molar refractivity (Wildman–Crippen MR) is 80.7 cm³/mol. The van der Waals surface area contributed by atoms with Crippen LogP contribution in [0.3, 0.4) is 0 Å². The molecule has 2 aromatic rings. The molecule has 1 unspecified atom stereocenters. The Kier molecular flexibility index (Phi) is 3.43. The fourth-order valence-electron chi connectivity index (χ4n) is 2.81. The van der Waals surface area contributed by atoms with E-state index in [1.54, 1.807) is 0 Å². The minimum atomic E-state index is -0.122. The maximum atomic E-state index is 6.19. The van der Waals surface area contributed by atoms with Gasteiger partial charge >= 0.3 is 0 Å². The zero-order valence-electron chi connectivity index (χ0n) is 12.5. The van der Waals surface area contributed by atoms with E-state index in [1.165, 1.54) is 5.56 Å². The fraction of sp³-hybridized carbons (Fsp3) is 0.444. The van der Waals surface area contributed by atoms with E-state index in [9.17, 15) is 0 Å². The number of aryl methyl sites for hydroxylation is 1. The molecule has 0 N–H and O–H groups in total. The van der Waals surface area contributed by atoms with Gasteiger partial charge in [0, 0.05) is 17.5 Å². The Bertz CT molecular complexity index is 575. The van der Waals surface area contributed by atoms with Crippen LogP contribution in [0, 0.1) is 0 Å². The second-order valence-corrected chi connectivity index (χ2v) is 6.47. The highest BCUT2D eigenvalue weighted by atomic mass is 16.5. The van der Waals surface area contributed by atoms with Crippen molar-refractivity contribution < 1.29 is 9.15 Å². The lowest BCUT2D eigenvalue weighted by Gasteiger charge is -2.29. The van der Waals surface area contributed by atoms with E-state index in [4.69, 9.17) is 9.15 Å². The maximum absolute atomic E-state index is 6.19. The van der Waals surface area contributed by atoms with Gasteiger partial charge in [0.2, 0.25) is 0 Å². The summed E-state index contributed by atoms with van der Waals surface area (Å²) < 4.78 is 12.3. The Morgan fingerprint density at radius 3 is 2.60 bits per heavy atom. The number of hydrogen-bond acceptors (Lipinski definition) is 2. The molecule has 1 aromatic heterocycles. The predicted octanol–water partition coefficient (Wildman–Crippen LogP) is 5.14. The molecule has 1 aliphatic rings. The molecule has 0 radical (unpaired) electrons. The molecule has 0 saturated heterocycles. The van der Waals surface area contributed by atoms with E-state index < -0.39 is 0 Å².